The van der Waals surface area contributed by atoms with Crippen LogP contribution in [-0.2, 0) is 33.6 Å². The zero-order valence-electron chi connectivity index (χ0n) is 31.6. The number of carbonyl (C=O) groups is 7. The number of rotatable bonds is 32. The third-order valence-corrected chi connectivity index (χ3v) is 10.0. The van der Waals surface area contributed by atoms with Crippen LogP contribution in [0.2, 0.25) is 0 Å². The third kappa shape index (κ3) is 24.6. The third-order valence-electron chi connectivity index (χ3n) is 10.0. The van der Waals surface area contributed by atoms with E-state index >= 15 is 0 Å². The van der Waals surface area contributed by atoms with E-state index in [0.29, 0.717) is 32.2 Å². The molecule has 1 aliphatic rings. The number of ketones is 1. The fourth-order valence-corrected chi connectivity index (χ4v) is 6.71. The van der Waals surface area contributed by atoms with E-state index in [4.69, 9.17) is 5.11 Å². The standard InChI is InChI=1S/C39H67N3O10/c1-29(43)20-25-32(38(49)50)41-35(45)27-26-33(39(51)52)42-37(48)31-23-21-30(22-24-31)28-40-34(44)18-16-14-12-10-8-6-4-2-3-5-7-9-11-13-15-17-19-36(46)47/h30-33H,2-28H2,1H3,(H,40,44)(H,41,45)(H,42,48)(H,46,47)(H,49,50)(H,51,52)/t30?,31?,32-,33-/m0/s1. The van der Waals surface area contributed by atoms with Gasteiger partial charge in [-0.2, -0.15) is 0 Å². The summed E-state index contributed by atoms with van der Waals surface area (Å²) in [6, 6.07) is -2.54. The van der Waals surface area contributed by atoms with Crippen molar-refractivity contribution in [1.29, 1.82) is 0 Å². The van der Waals surface area contributed by atoms with E-state index in [1.165, 1.54) is 71.1 Å². The molecule has 298 valence electrons. The van der Waals surface area contributed by atoms with Gasteiger partial charge < -0.3 is 36.1 Å². The summed E-state index contributed by atoms with van der Waals surface area (Å²) in [5.74, 6) is -4.55. The SMILES string of the molecule is CC(=O)CC[C@H](NC(=O)CC[C@H](NC(=O)C1CCC(CNC(=O)CCCCCCCCCCCCCCCCCCC(=O)O)CC1)C(=O)O)C(=O)O. The van der Waals surface area contributed by atoms with E-state index in [2.05, 4.69) is 16.0 Å². The van der Waals surface area contributed by atoms with Crippen molar-refractivity contribution >= 4 is 41.4 Å². The van der Waals surface area contributed by atoms with Gasteiger partial charge in [0.1, 0.15) is 17.9 Å². The lowest BCUT2D eigenvalue weighted by Crippen LogP contribution is -2.46. The molecule has 0 bridgehead atoms. The molecule has 52 heavy (non-hydrogen) atoms. The Morgan fingerprint density at radius 3 is 1.38 bits per heavy atom. The molecule has 1 aliphatic carbocycles. The molecular weight excluding hydrogens is 670 g/mol. The molecule has 0 spiro atoms. The second-order valence-corrected chi connectivity index (χ2v) is 14.7. The lowest BCUT2D eigenvalue weighted by atomic mass is 9.81. The molecule has 6 N–H and O–H groups in total. The first-order valence-corrected chi connectivity index (χ1v) is 19.9. The van der Waals surface area contributed by atoms with Crippen LogP contribution in [0.3, 0.4) is 0 Å². The summed E-state index contributed by atoms with van der Waals surface area (Å²) in [6.45, 7) is 1.89. The number of Topliss-reactive ketones (excluding diaryl/α,β-unsaturated/α-hetero) is 1. The lowest BCUT2D eigenvalue weighted by molar-refractivity contribution is -0.144. The first-order chi connectivity index (χ1) is 24.9. The van der Waals surface area contributed by atoms with E-state index < -0.39 is 35.9 Å². The lowest BCUT2D eigenvalue weighted by Gasteiger charge is -2.28. The Hall–Kier alpha value is -3.51. The van der Waals surface area contributed by atoms with Crippen LogP contribution in [0.5, 0.6) is 0 Å². The molecule has 0 unspecified atom stereocenters. The maximum atomic E-state index is 12.8. The number of carboxylic acids is 3. The molecular formula is C39H67N3O10. The van der Waals surface area contributed by atoms with Gasteiger partial charge in [-0.25, -0.2) is 9.59 Å². The number of carbonyl (C=O) groups excluding carboxylic acids is 4. The highest BCUT2D eigenvalue weighted by Gasteiger charge is 2.30. The van der Waals surface area contributed by atoms with Crippen LogP contribution in [0.15, 0.2) is 0 Å². The van der Waals surface area contributed by atoms with Crippen molar-refractivity contribution in [3.8, 4) is 0 Å². The predicted octanol–water partition coefficient (Wildman–Crippen LogP) is 6.30. The number of nitrogens with one attached hydrogen (secondary N) is 3. The summed E-state index contributed by atoms with van der Waals surface area (Å²) in [5, 5.41) is 35.4. The largest absolute Gasteiger partial charge is 0.481 e. The normalized spacial score (nSPS) is 16.7. The maximum Gasteiger partial charge on any atom is 0.326 e. The average molecular weight is 738 g/mol. The van der Waals surface area contributed by atoms with Crippen molar-refractivity contribution < 1.29 is 48.9 Å². The van der Waals surface area contributed by atoms with Crippen LogP contribution in [0.1, 0.15) is 174 Å². The van der Waals surface area contributed by atoms with Crippen LogP contribution >= 0.6 is 0 Å². The Morgan fingerprint density at radius 1 is 0.519 bits per heavy atom. The number of hydrogen-bond donors (Lipinski definition) is 6. The molecule has 1 saturated carbocycles. The van der Waals surface area contributed by atoms with Crippen molar-refractivity contribution in [3.63, 3.8) is 0 Å². The molecule has 1 fully saturated rings. The molecule has 0 aromatic heterocycles. The Kier molecular flexibility index (Phi) is 25.9. The highest BCUT2D eigenvalue weighted by Crippen LogP contribution is 2.29. The zero-order valence-corrected chi connectivity index (χ0v) is 31.6. The van der Waals surface area contributed by atoms with Gasteiger partial charge in [0.15, 0.2) is 0 Å². The van der Waals surface area contributed by atoms with E-state index in [9.17, 15) is 43.8 Å². The number of hydrogen-bond acceptors (Lipinski definition) is 7. The van der Waals surface area contributed by atoms with E-state index in [0.717, 1.165) is 51.4 Å². The number of unbranched alkanes of at least 4 members (excludes halogenated alkanes) is 15. The smallest absolute Gasteiger partial charge is 0.326 e. The molecule has 13 heteroatoms. The van der Waals surface area contributed by atoms with Gasteiger partial charge in [-0.15, -0.1) is 0 Å². The van der Waals surface area contributed by atoms with Crippen LogP contribution in [-0.4, -0.2) is 75.4 Å². The van der Waals surface area contributed by atoms with Gasteiger partial charge in [-0.1, -0.05) is 89.9 Å². The number of amides is 3. The molecule has 0 heterocycles. The molecule has 2 atom stereocenters. The van der Waals surface area contributed by atoms with Crippen molar-refractivity contribution in [3.05, 3.63) is 0 Å². The Morgan fingerprint density at radius 2 is 0.942 bits per heavy atom. The van der Waals surface area contributed by atoms with Crippen LogP contribution in [0.25, 0.3) is 0 Å². The molecule has 0 aromatic carbocycles. The van der Waals surface area contributed by atoms with Crippen molar-refractivity contribution in [2.75, 3.05) is 6.54 Å². The Labute approximate surface area is 310 Å². The Balaban J connectivity index is 2.08. The molecule has 0 aromatic rings. The first-order valence-electron chi connectivity index (χ1n) is 19.9. The molecule has 1 rings (SSSR count). The van der Waals surface area contributed by atoms with Gasteiger partial charge >= 0.3 is 17.9 Å². The summed E-state index contributed by atoms with van der Waals surface area (Å²) in [6.07, 6.45) is 21.6. The van der Waals surface area contributed by atoms with Gasteiger partial charge in [-0.05, 0) is 64.2 Å². The summed E-state index contributed by atoms with van der Waals surface area (Å²) in [7, 11) is 0. The maximum absolute atomic E-state index is 12.8. The second-order valence-electron chi connectivity index (χ2n) is 14.7. The first kappa shape index (κ1) is 46.5. The highest BCUT2D eigenvalue weighted by atomic mass is 16.4. The van der Waals surface area contributed by atoms with Crippen molar-refractivity contribution in [1.82, 2.24) is 16.0 Å². The molecule has 0 radical (unpaired) electrons. The van der Waals surface area contributed by atoms with Crippen LogP contribution < -0.4 is 16.0 Å². The molecule has 13 nitrogen and oxygen atoms in total. The summed E-state index contributed by atoms with van der Waals surface area (Å²) in [4.78, 5) is 82.2. The minimum Gasteiger partial charge on any atom is -0.481 e. The van der Waals surface area contributed by atoms with E-state index in [1.54, 1.807) is 0 Å². The van der Waals surface area contributed by atoms with Gasteiger partial charge in [0.2, 0.25) is 17.7 Å². The summed E-state index contributed by atoms with van der Waals surface area (Å²) < 4.78 is 0. The fraction of sp³-hybridized carbons (Fsp3) is 0.821. The van der Waals surface area contributed by atoms with Gasteiger partial charge in [0.05, 0.1) is 0 Å². The zero-order chi connectivity index (χ0) is 38.6. The van der Waals surface area contributed by atoms with Crippen molar-refractivity contribution in [2.45, 2.75) is 186 Å². The van der Waals surface area contributed by atoms with Gasteiger partial charge in [0, 0.05) is 38.1 Å². The van der Waals surface area contributed by atoms with Gasteiger partial charge in [-0.3, -0.25) is 19.2 Å². The molecule has 3 amide bonds. The minimum atomic E-state index is -1.29. The van der Waals surface area contributed by atoms with Crippen LogP contribution in [0, 0.1) is 11.8 Å². The predicted molar refractivity (Wildman–Crippen MR) is 197 cm³/mol. The minimum absolute atomic E-state index is 0.00776. The number of carboxylic acid groups (broad SMARTS) is 3. The van der Waals surface area contributed by atoms with E-state index in [-0.39, 0.29) is 55.1 Å². The summed E-state index contributed by atoms with van der Waals surface area (Å²) in [5.41, 5.74) is 0. The molecule has 0 saturated heterocycles. The monoisotopic (exact) mass is 737 g/mol. The van der Waals surface area contributed by atoms with Crippen LogP contribution in [0.4, 0.5) is 0 Å². The second kappa shape index (κ2) is 29.0. The topological polar surface area (TPSA) is 216 Å². The van der Waals surface area contributed by atoms with Gasteiger partial charge in [0.25, 0.3) is 0 Å². The van der Waals surface area contributed by atoms with E-state index in [1.807, 2.05) is 0 Å². The fourth-order valence-electron chi connectivity index (χ4n) is 6.71. The average Bonchev–Trinajstić information content (AvgIpc) is 3.09. The summed E-state index contributed by atoms with van der Waals surface area (Å²) >= 11 is 0. The quantitative estimate of drug-likeness (QED) is 0.0423. The highest BCUT2D eigenvalue weighted by molar-refractivity contribution is 5.87. The molecule has 0 aliphatic heterocycles. The van der Waals surface area contributed by atoms with Crippen molar-refractivity contribution in [2.24, 2.45) is 11.8 Å². The number of aliphatic carboxylic acids is 3. The Bertz CT molecular complexity index is 1090.